The third-order valence-corrected chi connectivity index (χ3v) is 4.72. The van der Waals surface area contributed by atoms with E-state index in [4.69, 9.17) is 16.3 Å². The molecule has 4 heteroatoms. The Bertz CT molecular complexity index is 313. The Balaban J connectivity index is 2.71. The highest BCUT2D eigenvalue weighted by Crippen LogP contribution is 2.64. The summed E-state index contributed by atoms with van der Waals surface area (Å²) in [5, 5.41) is 2.97. The Morgan fingerprint density at radius 3 is 2.29 bits per heavy atom. The van der Waals surface area contributed by atoms with Crippen LogP contribution < -0.4 is 5.32 Å². The Morgan fingerprint density at radius 1 is 1.47 bits per heavy atom. The first-order valence-corrected chi connectivity index (χ1v) is 6.73. The molecular weight excluding hydrogens is 238 g/mol. The summed E-state index contributed by atoms with van der Waals surface area (Å²) in [6, 6.07) is 0. The van der Waals surface area contributed by atoms with Crippen molar-refractivity contribution in [1.82, 2.24) is 5.32 Å². The van der Waals surface area contributed by atoms with Crippen LogP contribution in [0.25, 0.3) is 0 Å². The molecule has 17 heavy (non-hydrogen) atoms. The number of nitrogens with one attached hydrogen (secondary N) is 1. The molecule has 2 unspecified atom stereocenters. The molecule has 3 nitrogen and oxygen atoms in total. The third kappa shape index (κ3) is 2.40. The minimum atomic E-state index is -0.474. The summed E-state index contributed by atoms with van der Waals surface area (Å²) >= 11 is 6.06. The van der Waals surface area contributed by atoms with Gasteiger partial charge >= 0.3 is 6.09 Å². The van der Waals surface area contributed by atoms with Gasteiger partial charge in [-0.15, -0.1) is 11.6 Å². The number of rotatable bonds is 3. The van der Waals surface area contributed by atoms with Gasteiger partial charge in [0.25, 0.3) is 0 Å². The minimum absolute atomic E-state index is 0.0751. The van der Waals surface area contributed by atoms with Crippen LogP contribution in [0, 0.1) is 11.3 Å². The van der Waals surface area contributed by atoms with E-state index in [2.05, 4.69) is 26.1 Å². The molecule has 1 aliphatic carbocycles. The highest BCUT2D eigenvalue weighted by atomic mass is 35.5. The number of alkyl carbamates (subject to hydrolysis) is 1. The number of amides is 1. The lowest BCUT2D eigenvalue weighted by Crippen LogP contribution is -2.45. The SMILES string of the molecule is CCC1(C)[C@@H](C)C1(CCl)NC(=O)OC(C)(C)C. The summed E-state index contributed by atoms with van der Waals surface area (Å²) in [4.78, 5) is 11.8. The van der Waals surface area contributed by atoms with Crippen molar-refractivity contribution in [2.45, 2.75) is 59.1 Å². The monoisotopic (exact) mass is 261 g/mol. The van der Waals surface area contributed by atoms with Crippen LogP contribution in [0.4, 0.5) is 4.79 Å². The van der Waals surface area contributed by atoms with Crippen molar-refractivity contribution in [3.63, 3.8) is 0 Å². The number of carbonyl (C=O) groups is 1. The molecule has 0 bridgehead atoms. The fourth-order valence-corrected chi connectivity index (χ4v) is 3.28. The van der Waals surface area contributed by atoms with Gasteiger partial charge in [0.2, 0.25) is 0 Å². The molecule has 1 N–H and O–H groups in total. The molecule has 0 aromatic carbocycles. The summed E-state index contributed by atoms with van der Waals surface area (Å²) in [7, 11) is 0. The quantitative estimate of drug-likeness (QED) is 0.789. The van der Waals surface area contributed by atoms with E-state index in [1.165, 1.54) is 0 Å². The van der Waals surface area contributed by atoms with Gasteiger partial charge in [0.15, 0.2) is 0 Å². The Morgan fingerprint density at radius 2 is 2.00 bits per heavy atom. The standard InChI is InChI=1S/C13H24ClNO2/c1-7-12(6)9(2)13(12,8-14)15-10(16)17-11(3,4)5/h9H,7-8H2,1-6H3,(H,15,16)/t9-,12?,13?/m1/s1. The molecule has 1 saturated carbocycles. The number of alkyl halides is 1. The number of hydrogen-bond acceptors (Lipinski definition) is 2. The maximum atomic E-state index is 11.8. The molecule has 3 atom stereocenters. The van der Waals surface area contributed by atoms with Gasteiger partial charge in [-0.2, -0.15) is 0 Å². The maximum absolute atomic E-state index is 11.8. The smallest absolute Gasteiger partial charge is 0.408 e. The fourth-order valence-electron chi connectivity index (χ4n) is 2.67. The summed E-state index contributed by atoms with van der Waals surface area (Å²) in [6.07, 6.45) is 0.624. The van der Waals surface area contributed by atoms with Crippen LogP contribution in [-0.2, 0) is 4.74 Å². The zero-order valence-electron chi connectivity index (χ0n) is 11.7. The molecule has 0 heterocycles. The van der Waals surface area contributed by atoms with E-state index in [0.29, 0.717) is 11.8 Å². The Kier molecular flexibility index (Phi) is 3.73. The molecule has 100 valence electrons. The van der Waals surface area contributed by atoms with Gasteiger partial charge in [0.1, 0.15) is 5.60 Å². The van der Waals surface area contributed by atoms with Crippen molar-refractivity contribution >= 4 is 17.7 Å². The van der Waals surface area contributed by atoms with Crippen molar-refractivity contribution < 1.29 is 9.53 Å². The molecule has 0 spiro atoms. The zero-order chi connectivity index (χ0) is 13.5. The predicted octanol–water partition coefficient (Wildman–Crippen LogP) is 3.55. The van der Waals surface area contributed by atoms with Gasteiger partial charge < -0.3 is 10.1 Å². The van der Waals surface area contributed by atoms with Crippen LogP contribution in [0.5, 0.6) is 0 Å². The van der Waals surface area contributed by atoms with Crippen LogP contribution in [0.15, 0.2) is 0 Å². The molecule has 0 aromatic rings. The lowest BCUT2D eigenvalue weighted by Gasteiger charge is -2.25. The topological polar surface area (TPSA) is 38.3 Å². The molecule has 0 radical (unpaired) electrons. The average Bonchev–Trinajstić information content (AvgIpc) is 2.64. The normalized spacial score (nSPS) is 36.5. The Labute approximate surface area is 109 Å². The molecule has 0 aromatic heterocycles. The molecule has 0 aliphatic heterocycles. The second-order valence-electron chi connectivity index (χ2n) is 6.22. The summed E-state index contributed by atoms with van der Waals surface area (Å²) in [5.41, 5.74) is -0.713. The van der Waals surface area contributed by atoms with Crippen LogP contribution in [-0.4, -0.2) is 23.1 Å². The second-order valence-corrected chi connectivity index (χ2v) is 6.49. The van der Waals surface area contributed by atoms with Gasteiger partial charge in [-0.05, 0) is 38.5 Å². The van der Waals surface area contributed by atoms with E-state index in [9.17, 15) is 4.79 Å². The van der Waals surface area contributed by atoms with Crippen molar-refractivity contribution in [2.75, 3.05) is 5.88 Å². The largest absolute Gasteiger partial charge is 0.444 e. The van der Waals surface area contributed by atoms with Crippen molar-refractivity contribution in [2.24, 2.45) is 11.3 Å². The van der Waals surface area contributed by atoms with Crippen LogP contribution >= 0.6 is 11.6 Å². The van der Waals surface area contributed by atoms with Crippen LogP contribution in [0.1, 0.15) is 48.0 Å². The first-order chi connectivity index (χ1) is 7.63. The molecule has 1 rings (SSSR count). The Hall–Kier alpha value is -0.440. The molecular formula is C13H24ClNO2. The van der Waals surface area contributed by atoms with Crippen molar-refractivity contribution in [3.05, 3.63) is 0 Å². The van der Waals surface area contributed by atoms with Gasteiger partial charge in [-0.1, -0.05) is 20.8 Å². The van der Waals surface area contributed by atoms with E-state index in [1.807, 2.05) is 20.8 Å². The van der Waals surface area contributed by atoms with Crippen LogP contribution in [0.3, 0.4) is 0 Å². The minimum Gasteiger partial charge on any atom is -0.444 e. The highest BCUT2D eigenvalue weighted by molar-refractivity contribution is 6.19. The van der Waals surface area contributed by atoms with E-state index < -0.39 is 5.60 Å². The summed E-state index contributed by atoms with van der Waals surface area (Å²) < 4.78 is 5.29. The molecule has 1 amide bonds. The van der Waals surface area contributed by atoms with Gasteiger partial charge in [-0.3, -0.25) is 0 Å². The number of ether oxygens (including phenoxy) is 1. The van der Waals surface area contributed by atoms with E-state index in [-0.39, 0.29) is 17.0 Å². The molecule has 0 saturated heterocycles. The third-order valence-electron chi connectivity index (χ3n) is 4.30. The number of halogens is 1. The lowest BCUT2D eigenvalue weighted by molar-refractivity contribution is 0.0487. The van der Waals surface area contributed by atoms with E-state index in [0.717, 1.165) is 6.42 Å². The predicted molar refractivity (Wildman–Crippen MR) is 70.4 cm³/mol. The molecule has 1 fully saturated rings. The molecule has 1 aliphatic rings. The second kappa shape index (κ2) is 4.34. The lowest BCUT2D eigenvalue weighted by atomic mass is 9.99. The van der Waals surface area contributed by atoms with Crippen molar-refractivity contribution in [3.8, 4) is 0 Å². The number of carbonyl (C=O) groups excluding carboxylic acids is 1. The van der Waals surface area contributed by atoms with Gasteiger partial charge in [0, 0.05) is 5.88 Å². The highest BCUT2D eigenvalue weighted by Gasteiger charge is 2.70. The zero-order valence-corrected chi connectivity index (χ0v) is 12.4. The number of hydrogen-bond donors (Lipinski definition) is 1. The van der Waals surface area contributed by atoms with Crippen LogP contribution in [0.2, 0.25) is 0 Å². The van der Waals surface area contributed by atoms with Crippen molar-refractivity contribution in [1.29, 1.82) is 0 Å². The fraction of sp³-hybridized carbons (Fsp3) is 0.923. The van der Waals surface area contributed by atoms with Gasteiger partial charge in [0.05, 0.1) is 5.54 Å². The summed E-state index contributed by atoms with van der Waals surface area (Å²) in [6.45, 7) is 12.0. The summed E-state index contributed by atoms with van der Waals surface area (Å²) in [5.74, 6) is 0.808. The first-order valence-electron chi connectivity index (χ1n) is 6.20. The van der Waals surface area contributed by atoms with Gasteiger partial charge in [-0.25, -0.2) is 4.79 Å². The van der Waals surface area contributed by atoms with E-state index >= 15 is 0 Å². The average molecular weight is 262 g/mol. The maximum Gasteiger partial charge on any atom is 0.408 e. The first kappa shape index (κ1) is 14.6. The van der Waals surface area contributed by atoms with E-state index in [1.54, 1.807) is 0 Å².